The molecule has 0 bridgehead atoms. The molecule has 17 heavy (non-hydrogen) atoms. The van der Waals surface area contributed by atoms with Crippen LogP contribution in [-0.4, -0.2) is 29.0 Å². The van der Waals surface area contributed by atoms with Crippen molar-refractivity contribution in [3.63, 3.8) is 0 Å². The van der Waals surface area contributed by atoms with Crippen molar-refractivity contribution in [3.05, 3.63) is 35.9 Å². The molecule has 1 fully saturated rings. The number of ether oxygens (including phenoxy) is 1. The van der Waals surface area contributed by atoms with Crippen LogP contribution in [0.2, 0.25) is 0 Å². The zero-order valence-electron chi connectivity index (χ0n) is 10.6. The van der Waals surface area contributed by atoms with E-state index in [1.807, 2.05) is 30.3 Å². The molecule has 1 saturated heterocycles. The summed E-state index contributed by atoms with van der Waals surface area (Å²) in [6.45, 7) is 7.51. The number of nitrogens with zero attached hydrogens (tertiary/aromatic N) is 1. The minimum Gasteiger partial charge on any atom is -0.460 e. The third kappa shape index (κ3) is 3.07. The molecule has 1 heterocycles. The predicted octanol–water partition coefficient (Wildman–Crippen LogP) is 2.21. The molecule has 0 saturated carbocycles. The van der Waals surface area contributed by atoms with Crippen LogP contribution in [0.1, 0.15) is 26.3 Å². The number of carbonyl (C=O) groups is 1. The zero-order chi connectivity index (χ0) is 12.5. The van der Waals surface area contributed by atoms with E-state index in [1.165, 1.54) is 0 Å². The maximum atomic E-state index is 11.8. The highest BCUT2D eigenvalue weighted by molar-refractivity contribution is 5.79. The average Bonchev–Trinajstić information content (AvgIpc) is 3.06. The van der Waals surface area contributed by atoms with Crippen molar-refractivity contribution in [1.82, 2.24) is 4.90 Å². The van der Waals surface area contributed by atoms with E-state index in [1.54, 1.807) is 0 Å². The van der Waals surface area contributed by atoms with E-state index in [2.05, 4.69) is 25.7 Å². The highest BCUT2D eigenvalue weighted by Crippen LogP contribution is 2.29. The number of esters is 1. The lowest BCUT2D eigenvalue weighted by molar-refractivity contribution is -0.145. The Hall–Kier alpha value is -1.35. The molecule has 3 heteroatoms. The van der Waals surface area contributed by atoms with Gasteiger partial charge < -0.3 is 4.74 Å². The van der Waals surface area contributed by atoms with Crippen molar-refractivity contribution in [2.75, 3.05) is 6.54 Å². The number of rotatable bonds is 3. The zero-order valence-corrected chi connectivity index (χ0v) is 10.6. The first kappa shape index (κ1) is 12.1. The number of carbonyl (C=O) groups excluding carboxylic acids is 1. The van der Waals surface area contributed by atoms with Gasteiger partial charge in [-0.05, 0) is 26.3 Å². The van der Waals surface area contributed by atoms with Gasteiger partial charge in [-0.15, -0.1) is 0 Å². The fourth-order valence-electron chi connectivity index (χ4n) is 1.91. The van der Waals surface area contributed by atoms with Gasteiger partial charge in [0.1, 0.15) is 12.6 Å². The second-order valence-electron chi connectivity index (χ2n) is 5.43. The van der Waals surface area contributed by atoms with Crippen molar-refractivity contribution < 1.29 is 9.53 Å². The van der Waals surface area contributed by atoms with Crippen LogP contribution in [-0.2, 0) is 16.1 Å². The molecule has 1 unspecified atom stereocenters. The van der Waals surface area contributed by atoms with Crippen LogP contribution in [0.25, 0.3) is 0 Å². The van der Waals surface area contributed by atoms with Crippen LogP contribution in [0, 0.1) is 0 Å². The Morgan fingerprint density at radius 2 is 2.00 bits per heavy atom. The van der Waals surface area contributed by atoms with Crippen LogP contribution in [0.4, 0.5) is 0 Å². The maximum absolute atomic E-state index is 11.8. The molecule has 3 nitrogen and oxygen atoms in total. The van der Waals surface area contributed by atoms with Gasteiger partial charge in [0.25, 0.3) is 0 Å². The molecule has 0 spiro atoms. The Labute approximate surface area is 102 Å². The van der Waals surface area contributed by atoms with E-state index >= 15 is 0 Å². The minimum atomic E-state index is -0.108. The van der Waals surface area contributed by atoms with Gasteiger partial charge in [-0.1, -0.05) is 30.3 Å². The van der Waals surface area contributed by atoms with Crippen molar-refractivity contribution >= 4 is 5.97 Å². The van der Waals surface area contributed by atoms with Crippen molar-refractivity contribution in [2.24, 2.45) is 0 Å². The summed E-state index contributed by atoms with van der Waals surface area (Å²) in [4.78, 5) is 13.9. The maximum Gasteiger partial charge on any atom is 0.325 e. The SMILES string of the molecule is CC(C)(C)N1C[C@@H]1C(=O)OCc1ccccc1. The lowest BCUT2D eigenvalue weighted by Gasteiger charge is -2.20. The van der Waals surface area contributed by atoms with Gasteiger partial charge in [0.2, 0.25) is 0 Å². The van der Waals surface area contributed by atoms with Gasteiger partial charge in [0.15, 0.2) is 0 Å². The first-order valence-electron chi connectivity index (χ1n) is 5.96. The molecule has 92 valence electrons. The van der Waals surface area contributed by atoms with E-state index in [9.17, 15) is 4.79 Å². The molecule has 1 aromatic carbocycles. The molecule has 0 aliphatic carbocycles. The normalized spacial score (nSPS) is 23.2. The van der Waals surface area contributed by atoms with Crippen molar-refractivity contribution in [1.29, 1.82) is 0 Å². The predicted molar refractivity (Wildman–Crippen MR) is 66.5 cm³/mol. The van der Waals surface area contributed by atoms with Crippen molar-refractivity contribution in [3.8, 4) is 0 Å². The van der Waals surface area contributed by atoms with Crippen LogP contribution < -0.4 is 0 Å². The molecular weight excluding hydrogens is 214 g/mol. The van der Waals surface area contributed by atoms with Crippen LogP contribution in [0.5, 0.6) is 0 Å². The van der Waals surface area contributed by atoms with Gasteiger partial charge in [-0.2, -0.15) is 0 Å². The fraction of sp³-hybridized carbons (Fsp3) is 0.500. The summed E-state index contributed by atoms with van der Waals surface area (Å²) in [5.41, 5.74) is 1.08. The summed E-state index contributed by atoms with van der Waals surface area (Å²) in [7, 11) is 0. The Morgan fingerprint density at radius 3 is 2.53 bits per heavy atom. The van der Waals surface area contributed by atoms with Crippen LogP contribution in [0.3, 0.4) is 0 Å². The average molecular weight is 233 g/mol. The lowest BCUT2D eigenvalue weighted by Crippen LogP contribution is -2.30. The van der Waals surface area contributed by atoms with Gasteiger partial charge in [0.05, 0.1) is 0 Å². The second kappa shape index (κ2) is 4.49. The first-order chi connectivity index (χ1) is 7.98. The van der Waals surface area contributed by atoms with Gasteiger partial charge in [0, 0.05) is 12.1 Å². The standard InChI is InChI=1S/C14H19NO2/c1-14(2,3)15-9-12(15)13(16)17-10-11-7-5-4-6-8-11/h4-8,12H,9-10H2,1-3H3/t12-,15?/m1/s1. The van der Waals surface area contributed by atoms with E-state index in [4.69, 9.17) is 4.74 Å². The summed E-state index contributed by atoms with van der Waals surface area (Å²) in [6, 6.07) is 9.72. The van der Waals surface area contributed by atoms with Crippen LogP contribution in [0.15, 0.2) is 30.3 Å². The summed E-state index contributed by atoms with van der Waals surface area (Å²) in [5, 5.41) is 0. The number of benzene rings is 1. The van der Waals surface area contributed by atoms with E-state index in [-0.39, 0.29) is 17.6 Å². The molecular formula is C14H19NO2. The summed E-state index contributed by atoms with van der Waals surface area (Å²) in [5.74, 6) is -0.108. The van der Waals surface area contributed by atoms with E-state index in [0.717, 1.165) is 12.1 Å². The fourth-order valence-corrected chi connectivity index (χ4v) is 1.91. The van der Waals surface area contributed by atoms with E-state index in [0.29, 0.717) is 6.61 Å². The van der Waals surface area contributed by atoms with Gasteiger partial charge >= 0.3 is 5.97 Å². The molecule has 0 radical (unpaired) electrons. The highest BCUT2D eigenvalue weighted by Gasteiger charge is 2.47. The highest BCUT2D eigenvalue weighted by atomic mass is 16.5. The minimum absolute atomic E-state index is 0.0429. The molecule has 2 rings (SSSR count). The first-order valence-corrected chi connectivity index (χ1v) is 5.96. The largest absolute Gasteiger partial charge is 0.460 e. The third-order valence-electron chi connectivity index (χ3n) is 2.97. The molecule has 1 aromatic rings. The molecule has 0 aromatic heterocycles. The Balaban J connectivity index is 1.80. The van der Waals surface area contributed by atoms with Gasteiger partial charge in [-0.25, -0.2) is 0 Å². The Kier molecular flexibility index (Phi) is 3.20. The Bertz CT molecular complexity index is 394. The smallest absolute Gasteiger partial charge is 0.325 e. The molecule has 1 aliphatic heterocycles. The topological polar surface area (TPSA) is 29.3 Å². The van der Waals surface area contributed by atoms with E-state index < -0.39 is 0 Å². The summed E-state index contributed by atoms with van der Waals surface area (Å²) >= 11 is 0. The third-order valence-corrected chi connectivity index (χ3v) is 2.97. The summed E-state index contributed by atoms with van der Waals surface area (Å²) < 4.78 is 5.30. The lowest BCUT2D eigenvalue weighted by atomic mass is 10.1. The van der Waals surface area contributed by atoms with Gasteiger partial charge in [-0.3, -0.25) is 9.69 Å². The Morgan fingerprint density at radius 1 is 1.35 bits per heavy atom. The number of hydrogen-bond acceptors (Lipinski definition) is 3. The van der Waals surface area contributed by atoms with Crippen LogP contribution >= 0.6 is 0 Å². The molecule has 2 atom stereocenters. The monoisotopic (exact) mass is 233 g/mol. The quantitative estimate of drug-likeness (QED) is 0.592. The number of hydrogen-bond donors (Lipinski definition) is 0. The molecule has 1 aliphatic rings. The molecule has 0 N–H and O–H groups in total. The summed E-state index contributed by atoms with van der Waals surface area (Å²) in [6.07, 6.45) is 0. The van der Waals surface area contributed by atoms with Crippen molar-refractivity contribution in [2.45, 2.75) is 39.0 Å². The second-order valence-corrected chi connectivity index (χ2v) is 5.43. The molecule has 0 amide bonds.